The summed E-state index contributed by atoms with van der Waals surface area (Å²) in [5, 5.41) is 6.88. The molecule has 1 aromatic carbocycles. The molecule has 5 heteroatoms. The van der Waals surface area contributed by atoms with Crippen LogP contribution in [0.4, 0.5) is 0 Å². The van der Waals surface area contributed by atoms with Gasteiger partial charge in [0.05, 0.1) is 12.7 Å². The second-order valence-electron chi connectivity index (χ2n) is 7.13. The predicted octanol–water partition coefficient (Wildman–Crippen LogP) is 1.98. The Kier molecular flexibility index (Phi) is 5.74. The van der Waals surface area contributed by atoms with Gasteiger partial charge in [-0.1, -0.05) is 31.2 Å². The van der Waals surface area contributed by atoms with E-state index in [-0.39, 0.29) is 0 Å². The van der Waals surface area contributed by atoms with Gasteiger partial charge >= 0.3 is 0 Å². The van der Waals surface area contributed by atoms with Crippen LogP contribution in [0.5, 0.6) is 0 Å². The molecule has 2 fully saturated rings. The van der Waals surface area contributed by atoms with Crippen molar-refractivity contribution in [3.05, 3.63) is 35.4 Å². The zero-order valence-corrected chi connectivity index (χ0v) is 15.1. The summed E-state index contributed by atoms with van der Waals surface area (Å²) in [4.78, 5) is 6.78. The van der Waals surface area contributed by atoms with Gasteiger partial charge < -0.3 is 15.4 Å². The lowest BCUT2D eigenvalue weighted by Crippen LogP contribution is -2.40. The number of nitrogens with zero attached hydrogens (tertiary/aromatic N) is 2. The molecule has 0 aromatic heterocycles. The van der Waals surface area contributed by atoms with Crippen LogP contribution in [0.1, 0.15) is 31.4 Å². The van der Waals surface area contributed by atoms with E-state index in [9.17, 15) is 0 Å². The average Bonchev–Trinajstić information content (AvgIpc) is 3.27. The summed E-state index contributed by atoms with van der Waals surface area (Å²) in [5.41, 5.74) is 2.66. The number of ether oxygens (including phenoxy) is 1. The molecule has 2 aliphatic rings. The molecule has 0 amide bonds. The minimum absolute atomic E-state index is 0.336. The van der Waals surface area contributed by atoms with Gasteiger partial charge in [-0.25, -0.2) is 0 Å². The largest absolute Gasteiger partial charge is 0.376 e. The molecular weight excluding hydrogens is 300 g/mol. The molecule has 5 nitrogen and oxygen atoms in total. The third-order valence-corrected chi connectivity index (χ3v) is 4.84. The van der Waals surface area contributed by atoms with Gasteiger partial charge in [0.1, 0.15) is 0 Å². The van der Waals surface area contributed by atoms with Crippen molar-refractivity contribution in [2.75, 3.05) is 26.7 Å². The molecule has 2 N–H and O–H groups in total. The number of rotatable bonds is 5. The predicted molar refractivity (Wildman–Crippen MR) is 98.0 cm³/mol. The van der Waals surface area contributed by atoms with Gasteiger partial charge in [0.15, 0.2) is 5.96 Å². The minimum Gasteiger partial charge on any atom is -0.376 e. The molecule has 0 bridgehead atoms. The highest BCUT2D eigenvalue weighted by molar-refractivity contribution is 5.80. The summed E-state index contributed by atoms with van der Waals surface area (Å²) >= 11 is 0. The maximum atomic E-state index is 5.62. The molecule has 1 saturated heterocycles. The Morgan fingerprint density at radius 3 is 2.83 bits per heavy atom. The van der Waals surface area contributed by atoms with Crippen molar-refractivity contribution in [1.82, 2.24) is 15.5 Å². The summed E-state index contributed by atoms with van der Waals surface area (Å²) in [6.07, 6.45) is 1.58. The maximum absolute atomic E-state index is 5.62. The molecule has 132 valence electrons. The first-order valence-electron chi connectivity index (χ1n) is 9.03. The van der Waals surface area contributed by atoms with Gasteiger partial charge in [-0.2, -0.15) is 0 Å². The zero-order chi connectivity index (χ0) is 16.9. The van der Waals surface area contributed by atoms with Gasteiger partial charge in [0, 0.05) is 39.3 Å². The highest BCUT2D eigenvalue weighted by Gasteiger charge is 2.33. The van der Waals surface area contributed by atoms with E-state index in [0.717, 1.165) is 44.7 Å². The molecule has 0 radical (unpaired) electrons. The van der Waals surface area contributed by atoms with E-state index in [1.807, 2.05) is 7.05 Å². The monoisotopic (exact) mass is 330 g/mol. The molecule has 3 unspecified atom stereocenters. The van der Waals surface area contributed by atoms with E-state index < -0.39 is 0 Å². The van der Waals surface area contributed by atoms with E-state index in [1.165, 1.54) is 17.5 Å². The van der Waals surface area contributed by atoms with Crippen molar-refractivity contribution >= 4 is 5.96 Å². The Hall–Kier alpha value is -1.59. The molecule has 1 aliphatic heterocycles. The lowest BCUT2D eigenvalue weighted by molar-refractivity contribution is -0.0212. The smallest absolute Gasteiger partial charge is 0.191 e. The van der Waals surface area contributed by atoms with Gasteiger partial charge in [0.2, 0.25) is 0 Å². The number of morpholine rings is 1. The normalized spacial score (nSPS) is 27.8. The second-order valence-corrected chi connectivity index (χ2v) is 7.13. The first-order valence-corrected chi connectivity index (χ1v) is 9.03. The van der Waals surface area contributed by atoms with E-state index in [0.29, 0.717) is 12.1 Å². The fourth-order valence-electron chi connectivity index (χ4n) is 3.21. The fourth-order valence-corrected chi connectivity index (χ4v) is 3.21. The lowest BCUT2D eigenvalue weighted by Gasteiger charge is -2.31. The van der Waals surface area contributed by atoms with Gasteiger partial charge in [-0.05, 0) is 30.4 Å². The van der Waals surface area contributed by atoms with Crippen LogP contribution in [0.25, 0.3) is 0 Å². The third-order valence-electron chi connectivity index (χ3n) is 4.84. The van der Waals surface area contributed by atoms with Crippen molar-refractivity contribution < 1.29 is 4.74 Å². The second kappa shape index (κ2) is 7.99. The number of aliphatic imine (C=N–C) groups is 1. The standard InChI is InChI=1S/C19H30N4O/c1-14-9-18(14)22-19(20-3)21-11-16-5-4-6-17(10-16)13-23-7-8-24-15(2)12-23/h4-6,10,14-15,18H,7-9,11-13H2,1-3H3,(H2,20,21,22). The molecule has 1 aliphatic carbocycles. The molecule has 24 heavy (non-hydrogen) atoms. The average molecular weight is 330 g/mol. The van der Waals surface area contributed by atoms with Crippen LogP contribution in [0.15, 0.2) is 29.3 Å². The Morgan fingerprint density at radius 1 is 1.33 bits per heavy atom. The van der Waals surface area contributed by atoms with E-state index in [1.54, 1.807) is 0 Å². The van der Waals surface area contributed by atoms with E-state index in [2.05, 4.69) is 58.6 Å². The van der Waals surface area contributed by atoms with Crippen molar-refractivity contribution in [3.63, 3.8) is 0 Å². The van der Waals surface area contributed by atoms with Crippen LogP contribution in [0, 0.1) is 5.92 Å². The van der Waals surface area contributed by atoms with Crippen LogP contribution in [0.3, 0.4) is 0 Å². The van der Waals surface area contributed by atoms with Gasteiger partial charge in [0.25, 0.3) is 0 Å². The first-order chi connectivity index (χ1) is 11.6. The number of benzene rings is 1. The number of guanidine groups is 1. The Bertz CT molecular complexity index is 574. The lowest BCUT2D eigenvalue weighted by atomic mass is 10.1. The van der Waals surface area contributed by atoms with Crippen LogP contribution in [0.2, 0.25) is 0 Å². The van der Waals surface area contributed by atoms with Gasteiger partial charge in [-0.15, -0.1) is 0 Å². The van der Waals surface area contributed by atoms with Crippen molar-refractivity contribution in [1.29, 1.82) is 0 Å². The highest BCUT2D eigenvalue weighted by atomic mass is 16.5. The molecule has 3 atom stereocenters. The van der Waals surface area contributed by atoms with Crippen molar-refractivity contribution in [3.8, 4) is 0 Å². The summed E-state index contributed by atoms with van der Waals surface area (Å²) in [6.45, 7) is 9.07. The quantitative estimate of drug-likeness (QED) is 0.640. The van der Waals surface area contributed by atoms with Gasteiger partial charge in [-0.3, -0.25) is 9.89 Å². The SMILES string of the molecule is CN=C(NCc1cccc(CN2CCOC(C)C2)c1)NC1CC1C. The third kappa shape index (κ3) is 4.95. The van der Waals surface area contributed by atoms with E-state index >= 15 is 0 Å². The van der Waals surface area contributed by atoms with Crippen LogP contribution < -0.4 is 10.6 Å². The highest BCUT2D eigenvalue weighted by Crippen LogP contribution is 2.28. The van der Waals surface area contributed by atoms with Crippen LogP contribution >= 0.6 is 0 Å². The molecule has 1 saturated carbocycles. The molecule has 0 spiro atoms. The van der Waals surface area contributed by atoms with E-state index in [4.69, 9.17) is 4.74 Å². The topological polar surface area (TPSA) is 48.9 Å². The zero-order valence-electron chi connectivity index (χ0n) is 15.1. The minimum atomic E-state index is 0.336. The summed E-state index contributed by atoms with van der Waals surface area (Å²) < 4.78 is 5.62. The van der Waals surface area contributed by atoms with Crippen molar-refractivity contribution in [2.24, 2.45) is 10.9 Å². The van der Waals surface area contributed by atoms with Crippen molar-refractivity contribution in [2.45, 2.75) is 45.5 Å². The summed E-state index contributed by atoms with van der Waals surface area (Å²) in [5.74, 6) is 1.67. The number of hydrogen-bond donors (Lipinski definition) is 2. The number of nitrogens with one attached hydrogen (secondary N) is 2. The molecular formula is C19H30N4O. The molecule has 1 heterocycles. The summed E-state index contributed by atoms with van der Waals surface area (Å²) in [7, 11) is 1.83. The summed E-state index contributed by atoms with van der Waals surface area (Å²) in [6, 6.07) is 9.41. The van der Waals surface area contributed by atoms with Crippen LogP contribution in [-0.2, 0) is 17.8 Å². The fraction of sp³-hybridized carbons (Fsp3) is 0.632. The number of hydrogen-bond acceptors (Lipinski definition) is 3. The Balaban J connectivity index is 1.51. The van der Waals surface area contributed by atoms with Crippen LogP contribution in [-0.4, -0.2) is 49.7 Å². The Morgan fingerprint density at radius 2 is 2.12 bits per heavy atom. The maximum Gasteiger partial charge on any atom is 0.191 e. The first kappa shape index (κ1) is 17.2. The molecule has 1 aromatic rings. The Labute approximate surface area is 145 Å². The molecule has 3 rings (SSSR count).